The molecule has 0 aliphatic heterocycles. The van der Waals surface area contributed by atoms with Crippen LogP contribution in [0.4, 0.5) is 4.39 Å². The number of nitrogens with zero attached hydrogens (tertiary/aromatic N) is 3. The van der Waals surface area contributed by atoms with Crippen molar-refractivity contribution >= 4 is 5.84 Å². The van der Waals surface area contributed by atoms with Crippen LogP contribution in [0.5, 0.6) is 0 Å². The Morgan fingerprint density at radius 2 is 2.18 bits per heavy atom. The van der Waals surface area contributed by atoms with Crippen LogP contribution in [0, 0.1) is 24.2 Å². The van der Waals surface area contributed by atoms with Gasteiger partial charge in [0.25, 0.3) is 0 Å². The zero-order chi connectivity index (χ0) is 13.0. The Labute approximate surface area is 101 Å². The van der Waals surface area contributed by atoms with E-state index in [0.717, 1.165) is 5.56 Å². The minimum absolute atomic E-state index is 0.160. The van der Waals surface area contributed by atoms with Crippen LogP contribution < -0.4 is 0 Å². The third-order valence-electron chi connectivity index (χ3n) is 2.91. The number of aryl methyl sites for hydroxylation is 1. The normalized spacial score (nSPS) is 13.1. The van der Waals surface area contributed by atoms with Crippen molar-refractivity contribution in [1.82, 2.24) is 4.90 Å². The first kappa shape index (κ1) is 13.2. The smallest absolute Gasteiger partial charge is 0.207 e. The predicted octanol–water partition coefficient (Wildman–Crippen LogP) is 3.03. The monoisotopic (exact) mass is 233 g/mol. The van der Waals surface area contributed by atoms with E-state index in [-0.39, 0.29) is 11.9 Å². The molecule has 17 heavy (non-hydrogen) atoms. The summed E-state index contributed by atoms with van der Waals surface area (Å²) < 4.78 is 13.8. The summed E-state index contributed by atoms with van der Waals surface area (Å²) in [6.45, 7) is 5.46. The van der Waals surface area contributed by atoms with Crippen molar-refractivity contribution in [2.75, 3.05) is 7.05 Å². The van der Waals surface area contributed by atoms with Gasteiger partial charge >= 0.3 is 0 Å². The molecule has 0 radical (unpaired) electrons. The van der Waals surface area contributed by atoms with E-state index in [1.54, 1.807) is 31.1 Å². The van der Waals surface area contributed by atoms with Crippen LogP contribution >= 0.6 is 0 Å². The zero-order valence-electron chi connectivity index (χ0n) is 10.5. The fourth-order valence-electron chi connectivity index (χ4n) is 1.61. The number of nitriles is 1. The molecule has 0 aliphatic rings. The van der Waals surface area contributed by atoms with Gasteiger partial charge in [0.2, 0.25) is 6.19 Å². The molecule has 4 heteroatoms. The highest BCUT2D eigenvalue weighted by Crippen LogP contribution is 2.22. The molecule has 0 spiro atoms. The predicted molar refractivity (Wildman–Crippen MR) is 66.0 cm³/mol. The van der Waals surface area contributed by atoms with E-state index in [4.69, 9.17) is 5.26 Å². The summed E-state index contributed by atoms with van der Waals surface area (Å²) in [6.07, 6.45) is 1.73. The third-order valence-corrected chi connectivity index (χ3v) is 2.91. The standard InChI is InChI=1S/C13H16FN3/c1-9-5-6-12(13(14)7-9)10(2)17(4)11(3)16-8-15/h5-7,10H,1-4H3. The van der Waals surface area contributed by atoms with Crippen LogP contribution in [0.2, 0.25) is 0 Å². The first-order valence-corrected chi connectivity index (χ1v) is 5.39. The molecule has 3 nitrogen and oxygen atoms in total. The molecule has 0 amide bonds. The molecule has 0 aliphatic carbocycles. The number of amidine groups is 1. The van der Waals surface area contributed by atoms with E-state index in [0.29, 0.717) is 11.4 Å². The van der Waals surface area contributed by atoms with Gasteiger partial charge in [-0.25, -0.2) is 4.39 Å². The molecule has 0 saturated heterocycles. The Kier molecular flexibility index (Phi) is 4.22. The lowest BCUT2D eigenvalue weighted by molar-refractivity contribution is 0.387. The molecule has 0 N–H and O–H groups in total. The maximum atomic E-state index is 13.8. The second-order valence-electron chi connectivity index (χ2n) is 4.07. The van der Waals surface area contributed by atoms with E-state index < -0.39 is 0 Å². The molecule has 0 bridgehead atoms. The Morgan fingerprint density at radius 3 is 2.71 bits per heavy atom. The minimum Gasteiger partial charge on any atom is -0.356 e. The van der Waals surface area contributed by atoms with Gasteiger partial charge in [-0.2, -0.15) is 10.3 Å². The van der Waals surface area contributed by atoms with E-state index >= 15 is 0 Å². The largest absolute Gasteiger partial charge is 0.356 e. The van der Waals surface area contributed by atoms with Crippen LogP contribution in [0.1, 0.15) is 31.0 Å². The fraction of sp³-hybridized carbons (Fsp3) is 0.385. The van der Waals surface area contributed by atoms with Crippen LogP contribution in [-0.2, 0) is 0 Å². The van der Waals surface area contributed by atoms with Crippen LogP contribution in [0.25, 0.3) is 0 Å². The molecule has 1 aromatic rings. The van der Waals surface area contributed by atoms with Gasteiger partial charge in [-0.1, -0.05) is 12.1 Å². The number of benzene rings is 1. The van der Waals surface area contributed by atoms with Gasteiger partial charge in [0.05, 0.1) is 6.04 Å². The second kappa shape index (κ2) is 5.44. The first-order chi connectivity index (χ1) is 7.97. The number of halogens is 1. The molecule has 0 aromatic heterocycles. The van der Waals surface area contributed by atoms with Crippen molar-refractivity contribution in [3.63, 3.8) is 0 Å². The highest BCUT2D eigenvalue weighted by molar-refractivity contribution is 5.80. The average Bonchev–Trinajstić information content (AvgIpc) is 2.27. The van der Waals surface area contributed by atoms with Crippen LogP contribution in [-0.4, -0.2) is 17.8 Å². The van der Waals surface area contributed by atoms with Gasteiger partial charge in [-0.15, -0.1) is 0 Å². The van der Waals surface area contributed by atoms with E-state index in [1.807, 2.05) is 19.9 Å². The fourth-order valence-corrected chi connectivity index (χ4v) is 1.61. The van der Waals surface area contributed by atoms with Crippen LogP contribution in [0.3, 0.4) is 0 Å². The summed E-state index contributed by atoms with van der Waals surface area (Å²) in [5, 5.41) is 8.49. The summed E-state index contributed by atoms with van der Waals surface area (Å²) in [5.41, 5.74) is 1.49. The van der Waals surface area contributed by atoms with Crippen molar-refractivity contribution in [3.05, 3.63) is 35.1 Å². The molecular formula is C13H16FN3. The highest BCUT2D eigenvalue weighted by atomic mass is 19.1. The Morgan fingerprint density at radius 1 is 1.53 bits per heavy atom. The quantitative estimate of drug-likeness (QED) is 0.447. The van der Waals surface area contributed by atoms with Crippen molar-refractivity contribution < 1.29 is 4.39 Å². The summed E-state index contributed by atoms with van der Waals surface area (Å²) in [4.78, 5) is 5.42. The van der Waals surface area contributed by atoms with Crippen LogP contribution in [0.15, 0.2) is 23.2 Å². The molecule has 0 heterocycles. The zero-order valence-corrected chi connectivity index (χ0v) is 10.5. The molecule has 1 rings (SSSR count). The van der Waals surface area contributed by atoms with Crippen molar-refractivity contribution in [2.24, 2.45) is 4.99 Å². The topological polar surface area (TPSA) is 39.4 Å². The summed E-state index contributed by atoms with van der Waals surface area (Å²) >= 11 is 0. The first-order valence-electron chi connectivity index (χ1n) is 5.39. The third kappa shape index (κ3) is 3.04. The molecule has 1 unspecified atom stereocenters. The summed E-state index contributed by atoms with van der Waals surface area (Å²) in [6, 6.07) is 4.99. The SMILES string of the molecule is CC(=NC#N)N(C)C(C)c1ccc(C)cc1F. The highest BCUT2D eigenvalue weighted by Gasteiger charge is 2.16. The van der Waals surface area contributed by atoms with E-state index in [1.165, 1.54) is 6.07 Å². The van der Waals surface area contributed by atoms with E-state index in [9.17, 15) is 4.39 Å². The van der Waals surface area contributed by atoms with Gasteiger partial charge in [-0.3, -0.25) is 0 Å². The van der Waals surface area contributed by atoms with Gasteiger partial charge in [-0.05, 0) is 32.4 Å². The van der Waals surface area contributed by atoms with Gasteiger partial charge in [0.1, 0.15) is 11.7 Å². The summed E-state index contributed by atoms with van der Waals surface area (Å²) in [7, 11) is 1.79. The second-order valence-corrected chi connectivity index (χ2v) is 4.07. The molecular weight excluding hydrogens is 217 g/mol. The molecule has 90 valence electrons. The Balaban J connectivity index is 3.01. The molecule has 0 saturated carbocycles. The maximum absolute atomic E-state index is 13.8. The maximum Gasteiger partial charge on any atom is 0.207 e. The lowest BCUT2D eigenvalue weighted by Crippen LogP contribution is -2.28. The molecule has 1 atom stereocenters. The lowest BCUT2D eigenvalue weighted by atomic mass is 10.0. The van der Waals surface area contributed by atoms with Gasteiger partial charge < -0.3 is 4.90 Å². The van der Waals surface area contributed by atoms with Crippen molar-refractivity contribution in [3.8, 4) is 6.19 Å². The van der Waals surface area contributed by atoms with Gasteiger partial charge in [0.15, 0.2) is 0 Å². The van der Waals surface area contributed by atoms with E-state index in [2.05, 4.69) is 4.99 Å². The number of hydrogen-bond donors (Lipinski definition) is 0. The Bertz CT molecular complexity index is 474. The Hall–Kier alpha value is -1.89. The van der Waals surface area contributed by atoms with Crippen molar-refractivity contribution in [2.45, 2.75) is 26.8 Å². The van der Waals surface area contributed by atoms with Gasteiger partial charge in [0, 0.05) is 12.6 Å². The lowest BCUT2D eigenvalue weighted by Gasteiger charge is -2.26. The summed E-state index contributed by atoms with van der Waals surface area (Å²) in [5.74, 6) is 0.342. The minimum atomic E-state index is -0.228. The number of rotatable bonds is 2. The molecule has 0 fully saturated rings. The molecule has 1 aromatic carbocycles. The number of aliphatic imine (C=N–C) groups is 1. The number of hydrogen-bond acceptors (Lipinski definition) is 2. The van der Waals surface area contributed by atoms with Crippen molar-refractivity contribution in [1.29, 1.82) is 5.26 Å². The average molecular weight is 233 g/mol.